The molecule has 4 nitrogen and oxygen atoms in total. The van der Waals surface area contributed by atoms with Crippen molar-refractivity contribution in [2.24, 2.45) is 5.73 Å². The molecule has 1 heterocycles. The average molecular weight is 272 g/mol. The molecule has 106 valence electrons. The van der Waals surface area contributed by atoms with Gasteiger partial charge in [0.2, 0.25) is 0 Å². The van der Waals surface area contributed by atoms with Crippen LogP contribution in [0.4, 0.5) is 0 Å². The summed E-state index contributed by atoms with van der Waals surface area (Å²) in [5.41, 5.74) is 7.62. The third-order valence-electron chi connectivity index (χ3n) is 2.84. The van der Waals surface area contributed by atoms with Gasteiger partial charge in [-0.1, -0.05) is 12.1 Å². The topological polar surface area (TPSA) is 57.4 Å². The molecule has 0 spiro atoms. The molecule has 2 aromatic rings. The van der Waals surface area contributed by atoms with Gasteiger partial charge in [-0.25, -0.2) is 0 Å². The van der Waals surface area contributed by atoms with Gasteiger partial charge in [0.25, 0.3) is 0 Å². The number of benzene rings is 1. The Kier molecular flexibility index (Phi) is 5.38. The van der Waals surface area contributed by atoms with Gasteiger partial charge in [0.05, 0.1) is 12.3 Å². The van der Waals surface area contributed by atoms with E-state index in [0.29, 0.717) is 19.8 Å². The maximum atomic E-state index is 5.79. The smallest absolute Gasteiger partial charge is 0.161 e. The summed E-state index contributed by atoms with van der Waals surface area (Å²) in [5.74, 6) is 1.49. The van der Waals surface area contributed by atoms with Crippen molar-refractivity contribution in [1.82, 2.24) is 4.98 Å². The van der Waals surface area contributed by atoms with Crippen molar-refractivity contribution in [2.45, 2.75) is 20.0 Å². The molecule has 0 aliphatic carbocycles. The Labute approximate surface area is 119 Å². The van der Waals surface area contributed by atoms with Crippen LogP contribution in [-0.4, -0.2) is 18.1 Å². The molecule has 0 aliphatic heterocycles. The van der Waals surface area contributed by atoms with Crippen LogP contribution in [0.3, 0.4) is 0 Å². The van der Waals surface area contributed by atoms with Crippen LogP contribution in [0.25, 0.3) is 0 Å². The van der Waals surface area contributed by atoms with Gasteiger partial charge in [-0.2, -0.15) is 0 Å². The van der Waals surface area contributed by atoms with Crippen molar-refractivity contribution >= 4 is 0 Å². The zero-order chi connectivity index (χ0) is 14.2. The summed E-state index contributed by atoms with van der Waals surface area (Å²) in [4.78, 5) is 4.23. The molecule has 0 aliphatic rings. The second-order valence-corrected chi connectivity index (χ2v) is 4.36. The predicted molar refractivity (Wildman–Crippen MR) is 78.9 cm³/mol. The lowest BCUT2D eigenvalue weighted by Gasteiger charge is -2.13. The van der Waals surface area contributed by atoms with E-state index < -0.39 is 0 Å². The molecule has 1 aromatic carbocycles. The van der Waals surface area contributed by atoms with Gasteiger partial charge in [-0.3, -0.25) is 4.98 Å². The molecular weight excluding hydrogens is 252 g/mol. The minimum absolute atomic E-state index is 0.428. The Morgan fingerprint density at radius 1 is 1.10 bits per heavy atom. The molecule has 0 bridgehead atoms. The van der Waals surface area contributed by atoms with Gasteiger partial charge >= 0.3 is 0 Å². The minimum atomic E-state index is 0.428. The minimum Gasteiger partial charge on any atom is -0.490 e. The van der Waals surface area contributed by atoms with Crippen molar-refractivity contribution in [3.63, 3.8) is 0 Å². The van der Waals surface area contributed by atoms with E-state index in [4.69, 9.17) is 15.2 Å². The van der Waals surface area contributed by atoms with Crippen molar-refractivity contribution in [1.29, 1.82) is 0 Å². The Balaban J connectivity index is 2.09. The van der Waals surface area contributed by atoms with Gasteiger partial charge in [-0.15, -0.1) is 0 Å². The van der Waals surface area contributed by atoms with Gasteiger partial charge in [0.1, 0.15) is 6.61 Å². The van der Waals surface area contributed by atoms with Crippen LogP contribution in [-0.2, 0) is 13.0 Å². The molecule has 0 radical (unpaired) electrons. The van der Waals surface area contributed by atoms with Gasteiger partial charge in [-0.05, 0) is 49.7 Å². The standard InChI is InChI=1S/C16H20N2O2/c1-2-19-16-11-13(8-9-17)6-7-15(16)20-12-14-5-3-4-10-18-14/h3-7,10-11H,2,8-9,12,17H2,1H3. The molecule has 0 amide bonds. The molecule has 0 fully saturated rings. The zero-order valence-electron chi connectivity index (χ0n) is 11.7. The van der Waals surface area contributed by atoms with Crippen molar-refractivity contribution in [3.05, 3.63) is 53.9 Å². The summed E-state index contributed by atoms with van der Waals surface area (Å²) in [6, 6.07) is 11.7. The van der Waals surface area contributed by atoms with E-state index >= 15 is 0 Å². The van der Waals surface area contributed by atoms with Crippen LogP contribution in [0.2, 0.25) is 0 Å². The highest BCUT2D eigenvalue weighted by atomic mass is 16.5. The SMILES string of the molecule is CCOc1cc(CCN)ccc1OCc1ccccn1. The maximum Gasteiger partial charge on any atom is 0.161 e. The number of aromatic nitrogens is 1. The Morgan fingerprint density at radius 3 is 2.70 bits per heavy atom. The molecule has 0 saturated heterocycles. The largest absolute Gasteiger partial charge is 0.490 e. The van der Waals surface area contributed by atoms with E-state index in [1.165, 1.54) is 0 Å². The number of pyridine rings is 1. The van der Waals surface area contributed by atoms with E-state index in [0.717, 1.165) is 29.2 Å². The van der Waals surface area contributed by atoms with Crippen molar-refractivity contribution < 1.29 is 9.47 Å². The molecule has 2 rings (SSSR count). The van der Waals surface area contributed by atoms with Crippen LogP contribution in [0.15, 0.2) is 42.6 Å². The lowest BCUT2D eigenvalue weighted by Crippen LogP contribution is -2.04. The molecule has 2 N–H and O–H groups in total. The fourth-order valence-corrected chi connectivity index (χ4v) is 1.90. The molecular formula is C16H20N2O2. The van der Waals surface area contributed by atoms with Gasteiger partial charge in [0.15, 0.2) is 11.5 Å². The average Bonchev–Trinajstić information content (AvgIpc) is 2.48. The van der Waals surface area contributed by atoms with Crippen LogP contribution in [0.5, 0.6) is 11.5 Å². The van der Waals surface area contributed by atoms with Crippen LogP contribution < -0.4 is 15.2 Å². The van der Waals surface area contributed by atoms with E-state index in [1.54, 1.807) is 6.20 Å². The normalized spacial score (nSPS) is 10.3. The number of nitrogens with two attached hydrogens (primary N) is 1. The third-order valence-corrected chi connectivity index (χ3v) is 2.84. The lowest BCUT2D eigenvalue weighted by molar-refractivity contribution is 0.266. The zero-order valence-corrected chi connectivity index (χ0v) is 11.7. The summed E-state index contributed by atoms with van der Waals surface area (Å²) >= 11 is 0. The third kappa shape index (κ3) is 3.96. The second-order valence-electron chi connectivity index (χ2n) is 4.36. The van der Waals surface area contributed by atoms with Crippen LogP contribution in [0.1, 0.15) is 18.2 Å². The molecule has 1 aromatic heterocycles. The molecule has 0 atom stereocenters. The number of ether oxygens (including phenoxy) is 2. The maximum absolute atomic E-state index is 5.79. The first kappa shape index (κ1) is 14.3. The molecule has 0 unspecified atom stereocenters. The Hall–Kier alpha value is -2.07. The summed E-state index contributed by atoms with van der Waals surface area (Å²) < 4.78 is 11.4. The predicted octanol–water partition coefficient (Wildman–Crippen LogP) is 2.56. The van der Waals surface area contributed by atoms with Gasteiger partial charge < -0.3 is 15.2 Å². The van der Waals surface area contributed by atoms with Crippen molar-refractivity contribution in [2.75, 3.05) is 13.2 Å². The number of rotatable bonds is 7. The molecule has 20 heavy (non-hydrogen) atoms. The summed E-state index contributed by atoms with van der Waals surface area (Å²) in [6.07, 6.45) is 2.59. The highest BCUT2D eigenvalue weighted by molar-refractivity contribution is 5.43. The fourth-order valence-electron chi connectivity index (χ4n) is 1.90. The van der Waals surface area contributed by atoms with E-state index in [9.17, 15) is 0 Å². The van der Waals surface area contributed by atoms with Crippen LogP contribution >= 0.6 is 0 Å². The second kappa shape index (κ2) is 7.50. The Morgan fingerprint density at radius 2 is 2.00 bits per heavy atom. The highest BCUT2D eigenvalue weighted by Gasteiger charge is 2.07. The summed E-state index contributed by atoms with van der Waals surface area (Å²) in [7, 11) is 0. The summed E-state index contributed by atoms with van der Waals surface area (Å²) in [5, 5.41) is 0. The fraction of sp³-hybridized carbons (Fsp3) is 0.312. The number of hydrogen-bond donors (Lipinski definition) is 1. The first-order chi connectivity index (χ1) is 9.83. The van der Waals surface area contributed by atoms with E-state index in [2.05, 4.69) is 4.98 Å². The van der Waals surface area contributed by atoms with Crippen LogP contribution in [0, 0.1) is 0 Å². The van der Waals surface area contributed by atoms with Gasteiger partial charge in [0, 0.05) is 6.20 Å². The first-order valence-electron chi connectivity index (χ1n) is 6.82. The highest BCUT2D eigenvalue weighted by Crippen LogP contribution is 2.29. The van der Waals surface area contributed by atoms with Crippen molar-refractivity contribution in [3.8, 4) is 11.5 Å². The number of nitrogens with zero attached hydrogens (tertiary/aromatic N) is 1. The Bertz CT molecular complexity index is 529. The lowest BCUT2D eigenvalue weighted by atomic mass is 10.1. The summed E-state index contributed by atoms with van der Waals surface area (Å²) in [6.45, 7) is 3.61. The molecule has 4 heteroatoms. The van der Waals surface area contributed by atoms with E-state index in [-0.39, 0.29) is 0 Å². The van der Waals surface area contributed by atoms with E-state index in [1.807, 2.05) is 43.3 Å². The quantitative estimate of drug-likeness (QED) is 0.841. The monoisotopic (exact) mass is 272 g/mol. The first-order valence-corrected chi connectivity index (χ1v) is 6.82. The number of hydrogen-bond acceptors (Lipinski definition) is 4. The molecule has 0 saturated carbocycles.